The molecule has 5 heteroatoms. The van der Waals surface area contributed by atoms with Crippen LogP contribution in [0.4, 0.5) is 0 Å². The van der Waals surface area contributed by atoms with E-state index in [1.807, 2.05) is 0 Å². The molecule has 5 nitrogen and oxygen atoms in total. The Morgan fingerprint density at radius 3 is 1.09 bits per heavy atom. The third kappa shape index (κ3) is 43.8. The maximum Gasteiger partial charge on any atom is 0.306 e. The fraction of sp³-hybridized carbons (Fsp3) is 0.686. The molecule has 0 aromatic carbocycles. The number of carbonyl (C=O) groups excluding carboxylic acids is 2. The predicted octanol–water partition coefficient (Wildman–Crippen LogP) is 15.1. The van der Waals surface area contributed by atoms with Gasteiger partial charge in [0.05, 0.1) is 6.61 Å². The van der Waals surface area contributed by atoms with Crippen LogP contribution < -0.4 is 0 Å². The molecule has 0 aliphatic carbocycles. The van der Waals surface area contributed by atoms with Crippen molar-refractivity contribution in [3.63, 3.8) is 0 Å². The summed E-state index contributed by atoms with van der Waals surface area (Å²) in [6, 6.07) is 0. The highest BCUT2D eigenvalue weighted by atomic mass is 16.6. The van der Waals surface area contributed by atoms with Gasteiger partial charge in [0.25, 0.3) is 0 Å². The molecule has 0 heterocycles. The van der Waals surface area contributed by atoms with Crippen LogP contribution in [0.3, 0.4) is 0 Å². The number of hydrogen-bond acceptors (Lipinski definition) is 5. The zero-order valence-electron chi connectivity index (χ0n) is 36.4. The standard InChI is InChI=1S/C51H86O5/c1-3-5-7-9-11-13-15-17-18-19-20-21-22-23-24-25-26-27-28-29-30-31-32-34-36-38-40-42-44-46-51(54)56-49(47-52)48-55-50(53)45-43-41-39-37-35-33-16-14-12-10-8-6-4-2/h5-8,11-14,17-18,20-21,33,35,49,52H,3-4,9-10,15-16,19,22-32,34,36-48H2,1-2H3/b7-5-,8-6-,13-11-,14-12-,18-17-,21-20-,35-33-. The summed E-state index contributed by atoms with van der Waals surface area (Å²) in [5.41, 5.74) is 0. The lowest BCUT2D eigenvalue weighted by atomic mass is 10.0. The van der Waals surface area contributed by atoms with Crippen LogP contribution in [-0.4, -0.2) is 36.4 Å². The fourth-order valence-corrected chi connectivity index (χ4v) is 6.27. The molecule has 320 valence electrons. The highest BCUT2D eigenvalue weighted by Crippen LogP contribution is 2.15. The minimum Gasteiger partial charge on any atom is -0.462 e. The van der Waals surface area contributed by atoms with Gasteiger partial charge in [-0.3, -0.25) is 9.59 Å². The van der Waals surface area contributed by atoms with E-state index >= 15 is 0 Å². The molecule has 0 rings (SSSR count). The molecule has 0 fully saturated rings. The number of carbonyl (C=O) groups is 2. The summed E-state index contributed by atoms with van der Waals surface area (Å²) < 4.78 is 10.6. The van der Waals surface area contributed by atoms with Gasteiger partial charge >= 0.3 is 11.9 Å². The van der Waals surface area contributed by atoms with Crippen molar-refractivity contribution in [1.29, 1.82) is 0 Å². The SMILES string of the molecule is CC/C=C\C/C=C\C/C=C\C/C=C\CCCCCCCCCCCCCCCCCCC(=O)OC(CO)COC(=O)CCCCC/C=C\C/C=C\C/C=C\CC. The Bertz CT molecular complexity index is 1060. The first-order valence-electron chi connectivity index (χ1n) is 23.1. The summed E-state index contributed by atoms with van der Waals surface area (Å²) in [4.78, 5) is 24.3. The Balaban J connectivity index is 3.50. The van der Waals surface area contributed by atoms with Crippen molar-refractivity contribution < 1.29 is 24.2 Å². The number of hydrogen-bond donors (Lipinski definition) is 1. The second-order valence-electron chi connectivity index (χ2n) is 15.1. The molecule has 1 N–H and O–H groups in total. The van der Waals surface area contributed by atoms with E-state index in [9.17, 15) is 14.7 Å². The number of aliphatic hydroxyl groups is 1. The Morgan fingerprint density at radius 1 is 0.411 bits per heavy atom. The maximum absolute atomic E-state index is 12.2. The molecule has 56 heavy (non-hydrogen) atoms. The van der Waals surface area contributed by atoms with Crippen molar-refractivity contribution in [2.45, 2.75) is 213 Å². The monoisotopic (exact) mass is 779 g/mol. The Labute approximate surface area is 346 Å². The highest BCUT2D eigenvalue weighted by molar-refractivity contribution is 5.70. The summed E-state index contributed by atoms with van der Waals surface area (Å²) in [6.45, 7) is 3.88. The van der Waals surface area contributed by atoms with Gasteiger partial charge in [0.2, 0.25) is 0 Å². The number of esters is 2. The van der Waals surface area contributed by atoms with Crippen LogP contribution >= 0.6 is 0 Å². The first kappa shape index (κ1) is 53.1. The number of unbranched alkanes of at least 4 members (excludes halogenated alkanes) is 19. The van der Waals surface area contributed by atoms with Crippen molar-refractivity contribution in [2.75, 3.05) is 13.2 Å². The molecule has 0 amide bonds. The maximum atomic E-state index is 12.2. The molecule has 0 aliphatic heterocycles. The molecule has 0 saturated heterocycles. The molecule has 1 unspecified atom stereocenters. The van der Waals surface area contributed by atoms with E-state index in [1.165, 1.54) is 89.9 Å². The van der Waals surface area contributed by atoms with E-state index in [1.54, 1.807) is 0 Å². The number of rotatable bonds is 41. The topological polar surface area (TPSA) is 72.8 Å². The molecule has 0 bridgehead atoms. The lowest BCUT2D eigenvalue weighted by molar-refractivity contribution is -0.161. The van der Waals surface area contributed by atoms with Crippen LogP contribution in [-0.2, 0) is 19.1 Å². The van der Waals surface area contributed by atoms with Crippen LogP contribution in [0.5, 0.6) is 0 Å². The molecule has 0 aromatic rings. The van der Waals surface area contributed by atoms with Gasteiger partial charge in [-0.05, 0) is 83.5 Å². The van der Waals surface area contributed by atoms with Gasteiger partial charge < -0.3 is 14.6 Å². The summed E-state index contributed by atoms with van der Waals surface area (Å²) in [7, 11) is 0. The van der Waals surface area contributed by atoms with Crippen LogP contribution in [0, 0.1) is 0 Å². The number of allylic oxidation sites excluding steroid dienone is 14. The largest absolute Gasteiger partial charge is 0.462 e. The van der Waals surface area contributed by atoms with E-state index in [0.717, 1.165) is 89.9 Å². The first-order valence-corrected chi connectivity index (χ1v) is 23.1. The summed E-state index contributed by atoms with van der Waals surface area (Å²) in [6.07, 6.45) is 63.9. The Kier molecular flexibility index (Phi) is 44.0. The lowest BCUT2D eigenvalue weighted by Gasteiger charge is -2.15. The summed E-state index contributed by atoms with van der Waals surface area (Å²) >= 11 is 0. The van der Waals surface area contributed by atoms with E-state index in [-0.39, 0.29) is 25.2 Å². The molecule has 0 aliphatic rings. The van der Waals surface area contributed by atoms with Gasteiger partial charge in [-0.1, -0.05) is 195 Å². The minimum atomic E-state index is -0.786. The van der Waals surface area contributed by atoms with Gasteiger partial charge in [-0.25, -0.2) is 0 Å². The van der Waals surface area contributed by atoms with Gasteiger partial charge in [0.1, 0.15) is 6.61 Å². The van der Waals surface area contributed by atoms with Crippen LogP contribution in [0.2, 0.25) is 0 Å². The zero-order valence-corrected chi connectivity index (χ0v) is 36.4. The van der Waals surface area contributed by atoms with Crippen molar-refractivity contribution in [3.05, 3.63) is 85.1 Å². The molecule has 0 radical (unpaired) electrons. The van der Waals surface area contributed by atoms with Crippen molar-refractivity contribution in [1.82, 2.24) is 0 Å². The van der Waals surface area contributed by atoms with Gasteiger partial charge in [-0.15, -0.1) is 0 Å². The van der Waals surface area contributed by atoms with Crippen molar-refractivity contribution in [3.8, 4) is 0 Å². The minimum absolute atomic E-state index is 0.0836. The molecule has 0 spiro atoms. The van der Waals surface area contributed by atoms with Crippen LogP contribution in [0.25, 0.3) is 0 Å². The molecular formula is C51H86O5. The van der Waals surface area contributed by atoms with Crippen molar-refractivity contribution in [2.24, 2.45) is 0 Å². The average molecular weight is 779 g/mol. The lowest BCUT2D eigenvalue weighted by Crippen LogP contribution is -2.28. The van der Waals surface area contributed by atoms with Gasteiger partial charge in [-0.2, -0.15) is 0 Å². The molecular weight excluding hydrogens is 693 g/mol. The van der Waals surface area contributed by atoms with Gasteiger partial charge in [0.15, 0.2) is 6.10 Å². The third-order valence-electron chi connectivity index (χ3n) is 9.68. The molecule has 0 saturated carbocycles. The molecule has 1 atom stereocenters. The van der Waals surface area contributed by atoms with Crippen molar-refractivity contribution >= 4 is 11.9 Å². The summed E-state index contributed by atoms with van der Waals surface area (Å²) in [5.74, 6) is -0.627. The second-order valence-corrected chi connectivity index (χ2v) is 15.1. The van der Waals surface area contributed by atoms with E-state index in [2.05, 4.69) is 98.9 Å². The van der Waals surface area contributed by atoms with Gasteiger partial charge in [0, 0.05) is 12.8 Å². The summed E-state index contributed by atoms with van der Waals surface area (Å²) in [5, 5.41) is 9.58. The fourth-order valence-electron chi connectivity index (χ4n) is 6.27. The second kappa shape index (κ2) is 46.5. The number of ether oxygens (including phenoxy) is 2. The quantitative estimate of drug-likeness (QED) is 0.0380. The molecule has 0 aromatic heterocycles. The normalized spacial score (nSPS) is 13.0. The van der Waals surface area contributed by atoms with Crippen LogP contribution in [0.15, 0.2) is 85.1 Å². The smallest absolute Gasteiger partial charge is 0.306 e. The number of aliphatic hydroxyl groups excluding tert-OH is 1. The predicted molar refractivity (Wildman–Crippen MR) is 242 cm³/mol. The average Bonchev–Trinajstić information content (AvgIpc) is 3.20. The Morgan fingerprint density at radius 2 is 0.714 bits per heavy atom. The van der Waals surface area contributed by atoms with Crippen LogP contribution in [0.1, 0.15) is 206 Å². The van der Waals surface area contributed by atoms with E-state index in [0.29, 0.717) is 12.8 Å². The van der Waals surface area contributed by atoms with E-state index in [4.69, 9.17) is 9.47 Å². The zero-order chi connectivity index (χ0) is 40.7. The first-order chi connectivity index (χ1) is 27.6. The van der Waals surface area contributed by atoms with E-state index < -0.39 is 6.10 Å². The highest BCUT2D eigenvalue weighted by Gasteiger charge is 2.16. The third-order valence-corrected chi connectivity index (χ3v) is 9.68. The Hall–Kier alpha value is -2.92.